The Kier molecular flexibility index (Phi) is 2.89. The first-order chi connectivity index (χ1) is 9.25. The first-order valence-corrected chi connectivity index (χ1v) is 5.98. The van der Waals surface area contributed by atoms with Crippen LogP contribution in [0.3, 0.4) is 0 Å². The number of carbonyl (C=O) groups is 1. The maximum atomic E-state index is 12.1. The van der Waals surface area contributed by atoms with E-state index in [0.717, 1.165) is 0 Å². The Bertz CT molecular complexity index is 739. The number of rotatable bonds is 2. The van der Waals surface area contributed by atoms with Crippen LogP contribution < -0.4 is 5.32 Å². The number of halogens is 1. The summed E-state index contributed by atoms with van der Waals surface area (Å²) in [6.45, 7) is 0. The second kappa shape index (κ2) is 4.70. The fourth-order valence-corrected chi connectivity index (χ4v) is 2.01. The molecule has 0 atom stereocenters. The highest BCUT2D eigenvalue weighted by molar-refractivity contribution is 6.37. The molecule has 3 rings (SSSR count). The highest BCUT2D eigenvalue weighted by Gasteiger charge is 2.17. The summed E-state index contributed by atoms with van der Waals surface area (Å²) in [4.78, 5) is 16.0. The zero-order valence-corrected chi connectivity index (χ0v) is 10.5. The molecule has 0 radical (unpaired) electrons. The SMILES string of the molecule is O=C(Nc1cccnc1)c1nn2ccccc2c1Cl. The molecule has 3 heterocycles. The minimum absolute atomic E-state index is 0.191. The number of nitrogens with zero attached hydrogens (tertiary/aromatic N) is 3. The number of pyridine rings is 2. The van der Waals surface area contributed by atoms with Gasteiger partial charge in [0.05, 0.1) is 22.4 Å². The standard InChI is InChI=1S/C13H9ClN4O/c14-11-10-5-1-2-7-18(10)17-12(11)13(19)16-9-4-3-6-15-8-9/h1-8H,(H,16,19). The molecule has 0 spiro atoms. The lowest BCUT2D eigenvalue weighted by Crippen LogP contribution is -2.13. The molecule has 3 aromatic rings. The number of carbonyl (C=O) groups excluding carboxylic acids is 1. The van der Waals surface area contributed by atoms with E-state index >= 15 is 0 Å². The van der Waals surface area contributed by atoms with Crippen molar-refractivity contribution in [3.8, 4) is 0 Å². The predicted octanol–water partition coefficient (Wildman–Crippen LogP) is 2.64. The molecule has 6 heteroatoms. The molecule has 0 unspecified atom stereocenters. The Hall–Kier alpha value is -2.40. The Balaban J connectivity index is 1.96. The van der Waals surface area contributed by atoms with Crippen LogP contribution in [0.4, 0.5) is 5.69 Å². The van der Waals surface area contributed by atoms with Crippen molar-refractivity contribution in [2.75, 3.05) is 5.32 Å². The van der Waals surface area contributed by atoms with Gasteiger partial charge in [0.25, 0.3) is 5.91 Å². The lowest BCUT2D eigenvalue weighted by atomic mass is 10.3. The van der Waals surface area contributed by atoms with E-state index in [-0.39, 0.29) is 11.6 Å². The molecule has 0 saturated heterocycles. The molecule has 0 fully saturated rings. The van der Waals surface area contributed by atoms with Crippen LogP contribution in [0, 0.1) is 0 Å². The molecule has 0 bridgehead atoms. The molecule has 0 aliphatic rings. The molecule has 1 N–H and O–H groups in total. The van der Waals surface area contributed by atoms with Gasteiger partial charge in [-0.25, -0.2) is 4.52 Å². The summed E-state index contributed by atoms with van der Waals surface area (Å²) in [7, 11) is 0. The van der Waals surface area contributed by atoms with Crippen molar-refractivity contribution in [3.05, 3.63) is 59.6 Å². The van der Waals surface area contributed by atoms with Gasteiger partial charge in [0.15, 0.2) is 5.69 Å². The summed E-state index contributed by atoms with van der Waals surface area (Å²) in [6.07, 6.45) is 4.93. The summed E-state index contributed by atoms with van der Waals surface area (Å²) in [5.41, 5.74) is 1.48. The second-order valence-electron chi connectivity index (χ2n) is 3.89. The number of nitrogens with one attached hydrogen (secondary N) is 1. The highest BCUT2D eigenvalue weighted by Crippen LogP contribution is 2.22. The zero-order chi connectivity index (χ0) is 13.2. The minimum atomic E-state index is -0.360. The second-order valence-corrected chi connectivity index (χ2v) is 4.27. The van der Waals surface area contributed by atoms with E-state index in [1.807, 2.05) is 12.1 Å². The van der Waals surface area contributed by atoms with Crippen LogP contribution in [0.2, 0.25) is 5.02 Å². The molecule has 94 valence electrons. The van der Waals surface area contributed by atoms with E-state index in [4.69, 9.17) is 11.6 Å². The average Bonchev–Trinajstić information content (AvgIpc) is 2.78. The van der Waals surface area contributed by atoms with Crippen molar-refractivity contribution >= 4 is 28.7 Å². The van der Waals surface area contributed by atoms with Crippen LogP contribution in [-0.4, -0.2) is 20.5 Å². The maximum Gasteiger partial charge on any atom is 0.277 e. The number of amides is 1. The fraction of sp³-hybridized carbons (Fsp3) is 0. The molecule has 0 aliphatic carbocycles. The third-order valence-electron chi connectivity index (χ3n) is 2.61. The molecule has 1 amide bonds. The molecule has 0 aliphatic heterocycles. The fourth-order valence-electron chi connectivity index (χ4n) is 1.74. The Morgan fingerprint density at radius 1 is 1.26 bits per heavy atom. The van der Waals surface area contributed by atoms with Gasteiger partial charge < -0.3 is 5.32 Å². The van der Waals surface area contributed by atoms with Crippen LogP contribution in [0.25, 0.3) is 5.52 Å². The number of fused-ring (bicyclic) bond motifs is 1. The number of hydrogen-bond acceptors (Lipinski definition) is 3. The van der Waals surface area contributed by atoms with Gasteiger partial charge in [-0.2, -0.15) is 5.10 Å². The highest BCUT2D eigenvalue weighted by atomic mass is 35.5. The number of anilines is 1. The Morgan fingerprint density at radius 2 is 2.16 bits per heavy atom. The number of aromatic nitrogens is 3. The molecule has 5 nitrogen and oxygen atoms in total. The van der Waals surface area contributed by atoms with Gasteiger partial charge in [-0.1, -0.05) is 17.7 Å². The summed E-state index contributed by atoms with van der Waals surface area (Å²) in [5.74, 6) is -0.360. The third-order valence-corrected chi connectivity index (χ3v) is 2.99. The van der Waals surface area contributed by atoms with Gasteiger partial charge in [-0.3, -0.25) is 9.78 Å². The molecular weight excluding hydrogens is 264 g/mol. The van der Waals surface area contributed by atoms with Crippen LogP contribution in [-0.2, 0) is 0 Å². The lowest BCUT2D eigenvalue weighted by Gasteiger charge is -2.01. The first-order valence-electron chi connectivity index (χ1n) is 5.60. The van der Waals surface area contributed by atoms with Crippen molar-refractivity contribution in [2.24, 2.45) is 0 Å². The van der Waals surface area contributed by atoms with Crippen molar-refractivity contribution in [1.29, 1.82) is 0 Å². The summed E-state index contributed by atoms with van der Waals surface area (Å²) in [5, 5.41) is 7.19. The van der Waals surface area contributed by atoms with Gasteiger partial charge in [-0.05, 0) is 24.3 Å². The quantitative estimate of drug-likeness (QED) is 0.780. The zero-order valence-electron chi connectivity index (χ0n) is 9.75. The first kappa shape index (κ1) is 11.7. The monoisotopic (exact) mass is 272 g/mol. The minimum Gasteiger partial charge on any atom is -0.319 e. The van der Waals surface area contributed by atoms with Gasteiger partial charge >= 0.3 is 0 Å². The van der Waals surface area contributed by atoms with Crippen LogP contribution >= 0.6 is 11.6 Å². The normalized spacial score (nSPS) is 10.6. The van der Waals surface area contributed by atoms with Crippen molar-refractivity contribution in [3.63, 3.8) is 0 Å². The van der Waals surface area contributed by atoms with Crippen LogP contribution in [0.1, 0.15) is 10.5 Å². The average molecular weight is 273 g/mol. The smallest absolute Gasteiger partial charge is 0.277 e. The Morgan fingerprint density at radius 3 is 2.89 bits per heavy atom. The van der Waals surface area contributed by atoms with Crippen molar-refractivity contribution in [2.45, 2.75) is 0 Å². The van der Waals surface area contributed by atoms with Crippen LogP contribution in [0.15, 0.2) is 48.9 Å². The van der Waals surface area contributed by atoms with Crippen LogP contribution in [0.5, 0.6) is 0 Å². The lowest BCUT2D eigenvalue weighted by molar-refractivity contribution is 0.102. The van der Waals surface area contributed by atoms with Gasteiger partial charge in [-0.15, -0.1) is 0 Å². The summed E-state index contributed by atoms with van der Waals surface area (Å²) in [6, 6.07) is 8.94. The van der Waals surface area contributed by atoms with Gasteiger partial charge in [0.1, 0.15) is 0 Å². The summed E-state index contributed by atoms with van der Waals surface area (Å²) < 4.78 is 1.57. The maximum absolute atomic E-state index is 12.1. The summed E-state index contributed by atoms with van der Waals surface area (Å²) >= 11 is 6.16. The van der Waals surface area contributed by atoms with E-state index < -0.39 is 0 Å². The number of hydrogen-bond donors (Lipinski definition) is 1. The molecule has 19 heavy (non-hydrogen) atoms. The molecule has 0 saturated carbocycles. The van der Waals surface area contributed by atoms with E-state index in [1.54, 1.807) is 41.3 Å². The molecule has 0 aromatic carbocycles. The Labute approximate surface area is 113 Å². The van der Waals surface area contributed by atoms with E-state index in [1.165, 1.54) is 0 Å². The largest absolute Gasteiger partial charge is 0.319 e. The van der Waals surface area contributed by atoms with Crippen molar-refractivity contribution < 1.29 is 4.79 Å². The third kappa shape index (κ3) is 2.15. The van der Waals surface area contributed by atoms with E-state index in [9.17, 15) is 4.79 Å². The molecule has 3 aromatic heterocycles. The van der Waals surface area contributed by atoms with Crippen molar-refractivity contribution in [1.82, 2.24) is 14.6 Å². The van der Waals surface area contributed by atoms with E-state index in [2.05, 4.69) is 15.4 Å². The topological polar surface area (TPSA) is 59.3 Å². The molecular formula is C13H9ClN4O. The predicted molar refractivity (Wildman–Crippen MR) is 72.4 cm³/mol. The van der Waals surface area contributed by atoms with Gasteiger partial charge in [0.2, 0.25) is 0 Å². The van der Waals surface area contributed by atoms with E-state index in [0.29, 0.717) is 16.2 Å². The van der Waals surface area contributed by atoms with Gasteiger partial charge in [0, 0.05) is 12.4 Å².